The Balaban J connectivity index is 0.00000144. The molecule has 1 aromatic carbocycles. The fourth-order valence-corrected chi connectivity index (χ4v) is 1.79. The summed E-state index contributed by atoms with van der Waals surface area (Å²) < 4.78 is 10.6. The lowest BCUT2D eigenvalue weighted by Gasteiger charge is -2.13. The second-order valence-electron chi connectivity index (χ2n) is 3.48. The zero-order valence-corrected chi connectivity index (χ0v) is 10.6. The van der Waals surface area contributed by atoms with Gasteiger partial charge in [0.15, 0.2) is 0 Å². The number of nitrogens with two attached hydrogens (primary N) is 1. The van der Waals surface area contributed by atoms with Crippen LogP contribution < -0.4 is 15.2 Å². The lowest BCUT2D eigenvalue weighted by atomic mass is 10.0. The van der Waals surface area contributed by atoms with Crippen molar-refractivity contribution in [2.45, 2.75) is 6.42 Å². The fraction of sp³-hybridized carbons (Fsp3) is 0.250. The maximum atomic E-state index is 5.77. The first kappa shape index (κ1) is 13.4. The molecule has 0 aliphatic carbocycles. The van der Waals surface area contributed by atoms with Crippen LogP contribution in [-0.4, -0.2) is 20.1 Å². The number of amidine groups is 1. The van der Waals surface area contributed by atoms with Gasteiger partial charge in [0.1, 0.15) is 17.3 Å². The first-order valence-electron chi connectivity index (χ1n) is 4.99. The number of ether oxygens (including phenoxy) is 2. The third kappa shape index (κ3) is 2.53. The van der Waals surface area contributed by atoms with Crippen molar-refractivity contribution in [3.05, 3.63) is 29.5 Å². The molecule has 4 nitrogen and oxygen atoms in total. The summed E-state index contributed by atoms with van der Waals surface area (Å²) in [6, 6.07) is 3.76. The van der Waals surface area contributed by atoms with E-state index in [0.717, 1.165) is 22.6 Å². The van der Waals surface area contributed by atoms with Gasteiger partial charge >= 0.3 is 0 Å². The Hall–Kier alpha value is -1.68. The molecule has 0 saturated carbocycles. The van der Waals surface area contributed by atoms with Crippen molar-refractivity contribution >= 4 is 24.3 Å². The summed E-state index contributed by atoms with van der Waals surface area (Å²) in [5.41, 5.74) is 7.76. The smallest absolute Gasteiger partial charge is 0.126 e. The number of hydrogen-bond donors (Lipinski definition) is 1. The summed E-state index contributed by atoms with van der Waals surface area (Å²) in [6.45, 7) is 0. The molecule has 2 rings (SSSR count). The molecule has 0 bridgehead atoms. The van der Waals surface area contributed by atoms with Crippen LogP contribution in [0.2, 0.25) is 0 Å². The number of rotatable bonds is 2. The van der Waals surface area contributed by atoms with Crippen LogP contribution in [0, 0.1) is 0 Å². The third-order valence-electron chi connectivity index (χ3n) is 2.55. The molecule has 1 aliphatic rings. The van der Waals surface area contributed by atoms with Crippen molar-refractivity contribution in [1.82, 2.24) is 0 Å². The molecule has 0 amide bonds. The molecule has 0 spiro atoms. The first-order chi connectivity index (χ1) is 7.76. The SMILES string of the molecule is COc1ccc(OC)c2c1C=CN=C(N)C2.Cl. The number of aliphatic imine (C=N–C) groups is 1. The van der Waals surface area contributed by atoms with Crippen LogP contribution in [0.1, 0.15) is 11.1 Å². The molecule has 0 fully saturated rings. The number of halogens is 1. The fourth-order valence-electron chi connectivity index (χ4n) is 1.79. The van der Waals surface area contributed by atoms with Crippen LogP contribution in [0.5, 0.6) is 11.5 Å². The van der Waals surface area contributed by atoms with Crippen molar-refractivity contribution in [3.8, 4) is 11.5 Å². The summed E-state index contributed by atoms with van der Waals surface area (Å²) in [5.74, 6) is 2.18. The van der Waals surface area contributed by atoms with Gasteiger partial charge in [-0.1, -0.05) is 0 Å². The lowest BCUT2D eigenvalue weighted by Crippen LogP contribution is -2.15. The van der Waals surface area contributed by atoms with Crippen molar-refractivity contribution < 1.29 is 9.47 Å². The molecule has 0 radical (unpaired) electrons. The Morgan fingerprint density at radius 3 is 2.47 bits per heavy atom. The average Bonchev–Trinajstić information content (AvgIpc) is 2.49. The van der Waals surface area contributed by atoms with Gasteiger partial charge in [-0.05, 0) is 18.2 Å². The summed E-state index contributed by atoms with van der Waals surface area (Å²) in [4.78, 5) is 4.09. The van der Waals surface area contributed by atoms with Crippen molar-refractivity contribution in [2.75, 3.05) is 14.2 Å². The van der Waals surface area contributed by atoms with Crippen LogP contribution in [0.15, 0.2) is 23.3 Å². The van der Waals surface area contributed by atoms with Crippen LogP contribution >= 0.6 is 12.4 Å². The molecule has 0 aromatic heterocycles. The predicted molar refractivity (Wildman–Crippen MR) is 71.2 cm³/mol. The van der Waals surface area contributed by atoms with Crippen LogP contribution in [0.25, 0.3) is 6.08 Å². The Kier molecular flexibility index (Phi) is 4.40. The predicted octanol–water partition coefficient (Wildman–Crippen LogP) is 2.01. The normalized spacial score (nSPS) is 12.9. The highest BCUT2D eigenvalue weighted by molar-refractivity contribution is 5.87. The zero-order valence-electron chi connectivity index (χ0n) is 9.77. The van der Waals surface area contributed by atoms with Gasteiger partial charge in [-0.3, -0.25) is 0 Å². The van der Waals surface area contributed by atoms with Gasteiger partial charge in [0.05, 0.1) is 14.2 Å². The van der Waals surface area contributed by atoms with E-state index in [9.17, 15) is 0 Å². The van der Waals surface area contributed by atoms with Gasteiger partial charge in [-0.25, -0.2) is 4.99 Å². The third-order valence-corrected chi connectivity index (χ3v) is 2.55. The van der Waals surface area contributed by atoms with Gasteiger partial charge in [-0.2, -0.15) is 0 Å². The van der Waals surface area contributed by atoms with Gasteiger partial charge in [-0.15, -0.1) is 12.4 Å². The quantitative estimate of drug-likeness (QED) is 0.878. The van der Waals surface area contributed by atoms with E-state index in [-0.39, 0.29) is 12.4 Å². The topological polar surface area (TPSA) is 56.8 Å². The van der Waals surface area contributed by atoms with Crippen molar-refractivity contribution in [1.29, 1.82) is 0 Å². The molecule has 5 heteroatoms. The molecule has 17 heavy (non-hydrogen) atoms. The van der Waals surface area contributed by atoms with Crippen LogP contribution in [-0.2, 0) is 6.42 Å². The van der Waals surface area contributed by atoms with Crippen molar-refractivity contribution in [3.63, 3.8) is 0 Å². The summed E-state index contributed by atoms with van der Waals surface area (Å²) in [5, 5.41) is 0. The van der Waals surface area contributed by atoms with E-state index in [0.29, 0.717) is 12.3 Å². The minimum Gasteiger partial charge on any atom is -0.496 e. The molecule has 1 aliphatic heterocycles. The number of nitrogens with zero attached hydrogens (tertiary/aromatic N) is 1. The Bertz CT molecular complexity index is 470. The Morgan fingerprint density at radius 2 is 1.82 bits per heavy atom. The second-order valence-corrected chi connectivity index (χ2v) is 3.48. The van der Waals surface area contributed by atoms with E-state index in [4.69, 9.17) is 15.2 Å². The Morgan fingerprint density at radius 1 is 1.18 bits per heavy atom. The summed E-state index contributed by atoms with van der Waals surface area (Å²) in [7, 11) is 3.29. The van der Waals surface area contributed by atoms with Crippen LogP contribution in [0.4, 0.5) is 0 Å². The number of methoxy groups -OCH3 is 2. The van der Waals surface area contributed by atoms with Gasteiger partial charge < -0.3 is 15.2 Å². The largest absolute Gasteiger partial charge is 0.496 e. The molecule has 0 unspecified atom stereocenters. The number of hydrogen-bond acceptors (Lipinski definition) is 4. The van der Waals surface area contributed by atoms with E-state index in [1.807, 2.05) is 18.2 Å². The Labute approximate surface area is 107 Å². The molecule has 1 aromatic rings. The van der Waals surface area contributed by atoms with Gasteiger partial charge in [0.2, 0.25) is 0 Å². The maximum Gasteiger partial charge on any atom is 0.126 e. The number of benzene rings is 1. The maximum absolute atomic E-state index is 5.77. The van der Waals surface area contributed by atoms with Crippen LogP contribution in [0.3, 0.4) is 0 Å². The lowest BCUT2D eigenvalue weighted by molar-refractivity contribution is 0.399. The molecule has 1 heterocycles. The van der Waals surface area contributed by atoms with E-state index >= 15 is 0 Å². The molecule has 0 saturated heterocycles. The zero-order chi connectivity index (χ0) is 11.5. The second kappa shape index (κ2) is 5.59. The minimum absolute atomic E-state index is 0. The van der Waals surface area contributed by atoms with Gasteiger partial charge in [0, 0.05) is 23.7 Å². The monoisotopic (exact) mass is 254 g/mol. The molecule has 0 atom stereocenters. The average molecular weight is 255 g/mol. The van der Waals surface area contributed by atoms with E-state index in [2.05, 4.69) is 4.99 Å². The summed E-state index contributed by atoms with van der Waals surface area (Å²) >= 11 is 0. The number of fused-ring (bicyclic) bond motifs is 1. The van der Waals surface area contributed by atoms with Gasteiger partial charge in [0.25, 0.3) is 0 Å². The van der Waals surface area contributed by atoms with E-state index < -0.39 is 0 Å². The summed E-state index contributed by atoms with van der Waals surface area (Å²) in [6.07, 6.45) is 4.14. The standard InChI is InChI=1S/C12H14N2O2.ClH/c1-15-10-3-4-11(16-2)9-7-12(13)14-6-5-8(9)10;/h3-6H,7H2,1-2H3,(H2,13,14);1H. The highest BCUT2D eigenvalue weighted by Gasteiger charge is 2.15. The molecular formula is C12H15ClN2O2. The van der Waals surface area contributed by atoms with E-state index in [1.165, 1.54) is 0 Å². The molecular weight excluding hydrogens is 240 g/mol. The molecule has 92 valence electrons. The van der Waals surface area contributed by atoms with E-state index in [1.54, 1.807) is 20.4 Å². The minimum atomic E-state index is 0. The first-order valence-corrected chi connectivity index (χ1v) is 4.99. The molecule has 2 N–H and O–H groups in total. The van der Waals surface area contributed by atoms with Crippen molar-refractivity contribution in [2.24, 2.45) is 10.7 Å². The highest BCUT2D eigenvalue weighted by Crippen LogP contribution is 2.32. The highest BCUT2D eigenvalue weighted by atomic mass is 35.5.